The molecule has 2 aliphatic rings. The van der Waals surface area contributed by atoms with Gasteiger partial charge >= 0.3 is 0 Å². The fourth-order valence-corrected chi connectivity index (χ4v) is 2.57. The van der Waals surface area contributed by atoms with Crippen molar-refractivity contribution in [2.45, 2.75) is 5.54 Å². The molecule has 5 nitrogen and oxygen atoms in total. The maximum Gasteiger partial charge on any atom is 0.282 e. The van der Waals surface area contributed by atoms with E-state index in [4.69, 9.17) is 20.9 Å². The molecule has 0 saturated carbocycles. The molecule has 18 heavy (non-hydrogen) atoms. The summed E-state index contributed by atoms with van der Waals surface area (Å²) in [5, 5.41) is 0. The fraction of sp³-hybridized carbons (Fsp3) is 0.417. The number of ether oxygens (including phenoxy) is 2. The Morgan fingerprint density at radius 3 is 3.00 bits per heavy atom. The Hall–Kier alpha value is -1.82. The van der Waals surface area contributed by atoms with Gasteiger partial charge in [0.05, 0.1) is 19.8 Å². The summed E-state index contributed by atoms with van der Waals surface area (Å²) in [4.78, 5) is 4.30. The topological polar surface area (TPSA) is 82.9 Å². The molecule has 0 aromatic heterocycles. The lowest BCUT2D eigenvalue weighted by Gasteiger charge is -2.34. The van der Waals surface area contributed by atoms with Crippen molar-refractivity contribution in [1.29, 1.82) is 0 Å². The molecule has 1 saturated heterocycles. The number of amidine groups is 1. The Morgan fingerprint density at radius 1 is 1.33 bits per heavy atom. The largest absolute Gasteiger partial charge is 0.465 e. The molecule has 0 spiro atoms. The number of hydrogen-bond donors (Lipinski definition) is 2. The van der Waals surface area contributed by atoms with Crippen molar-refractivity contribution in [2.24, 2.45) is 16.6 Å². The number of halogens is 1. The Kier molecular flexibility index (Phi) is 2.41. The molecule has 1 fully saturated rings. The summed E-state index contributed by atoms with van der Waals surface area (Å²) >= 11 is 0. The normalized spacial score (nSPS) is 30.5. The first kappa shape index (κ1) is 11.3. The predicted molar refractivity (Wildman–Crippen MR) is 64.4 cm³/mol. The summed E-state index contributed by atoms with van der Waals surface area (Å²) in [6, 6.07) is 4.53. The number of nitrogens with zero attached hydrogens (tertiary/aromatic N) is 1. The third-order valence-corrected chi connectivity index (χ3v) is 3.52. The quantitative estimate of drug-likeness (QED) is 0.716. The number of nitrogen functional groups attached to an aromatic ring is 1. The van der Waals surface area contributed by atoms with Crippen LogP contribution >= 0.6 is 0 Å². The third-order valence-electron chi connectivity index (χ3n) is 3.52. The Morgan fingerprint density at radius 2 is 2.17 bits per heavy atom. The van der Waals surface area contributed by atoms with Crippen LogP contribution in [0.1, 0.15) is 5.56 Å². The van der Waals surface area contributed by atoms with Crippen LogP contribution in [0.5, 0.6) is 0 Å². The second-order valence-corrected chi connectivity index (χ2v) is 4.64. The molecule has 2 atom stereocenters. The van der Waals surface area contributed by atoms with E-state index < -0.39 is 5.54 Å². The molecular formula is C12H14FN3O2. The molecular weight excluding hydrogens is 237 g/mol. The molecule has 2 aliphatic heterocycles. The maximum atomic E-state index is 14.1. The Balaban J connectivity index is 2.17. The van der Waals surface area contributed by atoms with Crippen molar-refractivity contribution in [3.05, 3.63) is 29.6 Å². The van der Waals surface area contributed by atoms with Crippen LogP contribution in [-0.2, 0) is 15.0 Å². The lowest BCUT2D eigenvalue weighted by atomic mass is 9.80. The zero-order valence-corrected chi connectivity index (χ0v) is 9.73. The van der Waals surface area contributed by atoms with Crippen molar-refractivity contribution in [3.63, 3.8) is 0 Å². The van der Waals surface area contributed by atoms with Gasteiger partial charge in [0.25, 0.3) is 6.02 Å². The van der Waals surface area contributed by atoms with Crippen LogP contribution < -0.4 is 11.5 Å². The van der Waals surface area contributed by atoms with Crippen molar-refractivity contribution in [3.8, 4) is 0 Å². The van der Waals surface area contributed by atoms with Gasteiger partial charge in [0.2, 0.25) is 0 Å². The van der Waals surface area contributed by atoms with E-state index in [1.165, 1.54) is 12.1 Å². The van der Waals surface area contributed by atoms with Gasteiger partial charge in [-0.15, -0.1) is 0 Å². The number of hydrogen-bond acceptors (Lipinski definition) is 5. The first-order valence-electron chi connectivity index (χ1n) is 5.73. The molecule has 0 aliphatic carbocycles. The molecule has 96 valence electrons. The van der Waals surface area contributed by atoms with E-state index in [9.17, 15) is 4.39 Å². The molecule has 3 rings (SSSR count). The number of anilines is 1. The van der Waals surface area contributed by atoms with Crippen LogP contribution in [0.2, 0.25) is 0 Å². The molecule has 0 radical (unpaired) electrons. The Labute approximate surface area is 104 Å². The second-order valence-electron chi connectivity index (χ2n) is 4.64. The van der Waals surface area contributed by atoms with Crippen LogP contribution in [0, 0.1) is 11.7 Å². The van der Waals surface area contributed by atoms with Gasteiger partial charge in [-0.1, -0.05) is 0 Å². The van der Waals surface area contributed by atoms with E-state index in [-0.39, 0.29) is 17.8 Å². The van der Waals surface area contributed by atoms with Gasteiger partial charge in [-0.3, -0.25) is 0 Å². The van der Waals surface area contributed by atoms with Gasteiger partial charge in [0.1, 0.15) is 11.4 Å². The molecule has 2 unspecified atom stereocenters. The third kappa shape index (κ3) is 1.53. The number of fused-ring (bicyclic) bond motifs is 1. The van der Waals surface area contributed by atoms with Gasteiger partial charge in [-0.05, 0) is 18.2 Å². The molecule has 4 N–H and O–H groups in total. The van der Waals surface area contributed by atoms with Gasteiger partial charge in [0.15, 0.2) is 0 Å². The summed E-state index contributed by atoms with van der Waals surface area (Å²) < 4.78 is 24.7. The number of nitrogens with two attached hydrogens (primary N) is 2. The molecule has 2 heterocycles. The smallest absolute Gasteiger partial charge is 0.282 e. The average molecular weight is 251 g/mol. The molecule has 1 aromatic carbocycles. The highest BCUT2D eigenvalue weighted by Gasteiger charge is 2.50. The van der Waals surface area contributed by atoms with E-state index in [1.807, 2.05) is 0 Å². The lowest BCUT2D eigenvalue weighted by molar-refractivity contribution is 0.154. The van der Waals surface area contributed by atoms with Crippen LogP contribution in [0.3, 0.4) is 0 Å². The first-order valence-corrected chi connectivity index (χ1v) is 5.73. The molecule has 0 bridgehead atoms. The predicted octanol–water partition coefficient (Wildman–Crippen LogP) is 0.594. The van der Waals surface area contributed by atoms with Crippen molar-refractivity contribution >= 4 is 11.7 Å². The van der Waals surface area contributed by atoms with Gasteiger partial charge in [0, 0.05) is 17.2 Å². The zero-order valence-electron chi connectivity index (χ0n) is 9.73. The highest BCUT2D eigenvalue weighted by atomic mass is 19.1. The summed E-state index contributed by atoms with van der Waals surface area (Å²) in [5.41, 5.74) is 11.5. The summed E-state index contributed by atoms with van der Waals surface area (Å²) in [5.74, 6) is -0.390. The average Bonchev–Trinajstić information content (AvgIpc) is 2.76. The van der Waals surface area contributed by atoms with Gasteiger partial charge < -0.3 is 20.9 Å². The van der Waals surface area contributed by atoms with E-state index in [0.717, 1.165) is 0 Å². The SMILES string of the molecule is NC1=NC2(c3cc(N)ccc3F)COCC2CO1. The van der Waals surface area contributed by atoms with Crippen molar-refractivity contribution < 1.29 is 13.9 Å². The standard InChI is InChI=1S/C12H14FN3O2/c13-10-2-1-8(14)3-9(10)12-6-17-4-7(12)5-18-11(15)16-12/h1-3,7H,4-6,14H2,(H2,15,16). The summed E-state index contributed by atoms with van der Waals surface area (Å²) in [6.07, 6.45) is 0. The van der Waals surface area contributed by atoms with Crippen LogP contribution in [0.15, 0.2) is 23.2 Å². The lowest BCUT2D eigenvalue weighted by Crippen LogP contribution is -2.43. The highest BCUT2D eigenvalue weighted by Crippen LogP contribution is 2.43. The molecule has 0 amide bonds. The molecule has 1 aromatic rings. The van der Waals surface area contributed by atoms with Crippen LogP contribution in [0.4, 0.5) is 10.1 Å². The number of rotatable bonds is 1. The minimum Gasteiger partial charge on any atom is -0.465 e. The van der Waals surface area contributed by atoms with E-state index >= 15 is 0 Å². The molecule has 6 heteroatoms. The van der Waals surface area contributed by atoms with Crippen molar-refractivity contribution in [1.82, 2.24) is 0 Å². The number of benzene rings is 1. The minimum absolute atomic E-state index is 0.0406. The second kappa shape index (κ2) is 3.84. The van der Waals surface area contributed by atoms with E-state index in [0.29, 0.717) is 31.1 Å². The van der Waals surface area contributed by atoms with E-state index in [2.05, 4.69) is 4.99 Å². The first-order chi connectivity index (χ1) is 8.62. The van der Waals surface area contributed by atoms with Gasteiger partial charge in [-0.2, -0.15) is 0 Å². The monoisotopic (exact) mass is 251 g/mol. The number of aliphatic imine (C=N–C) groups is 1. The Bertz CT molecular complexity index is 520. The van der Waals surface area contributed by atoms with Gasteiger partial charge in [-0.25, -0.2) is 9.38 Å². The fourth-order valence-electron chi connectivity index (χ4n) is 2.57. The maximum absolute atomic E-state index is 14.1. The zero-order chi connectivity index (χ0) is 12.8. The highest BCUT2D eigenvalue weighted by molar-refractivity contribution is 5.73. The van der Waals surface area contributed by atoms with Crippen LogP contribution in [0.25, 0.3) is 0 Å². The summed E-state index contributed by atoms with van der Waals surface area (Å²) in [6.45, 7) is 1.15. The van der Waals surface area contributed by atoms with Crippen molar-refractivity contribution in [2.75, 3.05) is 25.6 Å². The van der Waals surface area contributed by atoms with E-state index in [1.54, 1.807) is 6.07 Å². The minimum atomic E-state index is -0.804. The van der Waals surface area contributed by atoms with Crippen LogP contribution in [-0.4, -0.2) is 25.8 Å². The summed E-state index contributed by atoms with van der Waals surface area (Å²) in [7, 11) is 0.